The van der Waals surface area contributed by atoms with Crippen LogP contribution in [-0.2, 0) is 9.59 Å². The van der Waals surface area contributed by atoms with E-state index >= 15 is 0 Å². The summed E-state index contributed by atoms with van der Waals surface area (Å²) >= 11 is 0. The number of primary amides is 1. The van der Waals surface area contributed by atoms with Crippen LogP contribution in [0.4, 0.5) is 0 Å². The molecule has 0 spiro atoms. The number of hydrogen-bond acceptors (Lipinski definition) is 4. The fourth-order valence-electron chi connectivity index (χ4n) is 4.41. The predicted molar refractivity (Wildman–Crippen MR) is 140 cm³/mol. The highest BCUT2D eigenvalue weighted by molar-refractivity contribution is 5.92. The van der Waals surface area contributed by atoms with Crippen LogP contribution in [0.1, 0.15) is 41.5 Å². The van der Waals surface area contributed by atoms with E-state index in [2.05, 4.69) is 5.32 Å². The monoisotopic (exact) mass is 487 g/mol. The molecule has 0 saturated heterocycles. The Morgan fingerprint density at radius 2 is 1.31 bits per heavy atom. The summed E-state index contributed by atoms with van der Waals surface area (Å²) in [5, 5.41) is 20.6. The maximum absolute atomic E-state index is 14.4. The molecule has 0 aliphatic heterocycles. The minimum Gasteiger partial charge on any atom is -0.394 e. The van der Waals surface area contributed by atoms with Crippen molar-refractivity contribution in [3.63, 3.8) is 0 Å². The van der Waals surface area contributed by atoms with Crippen LogP contribution in [0.3, 0.4) is 0 Å². The number of benzene rings is 3. The smallest absolute Gasteiger partial charge is 0.240 e. The molecule has 0 radical (unpaired) electrons. The lowest BCUT2D eigenvalue weighted by Crippen LogP contribution is -2.52. The highest BCUT2D eigenvalue weighted by Gasteiger charge is 2.38. The van der Waals surface area contributed by atoms with Crippen molar-refractivity contribution in [3.8, 4) is 0 Å². The SMILES string of the molecule is N=C(N)NCCC[C@H](C(N)=O)N(C(=O)C(c1ccccc1)c1ccccc1)[C@H](CO)c1ccccc1. The predicted octanol–water partition coefficient (Wildman–Crippen LogP) is 2.50. The van der Waals surface area contributed by atoms with Crippen LogP contribution in [0.5, 0.6) is 0 Å². The molecule has 0 heterocycles. The Kier molecular flexibility index (Phi) is 9.59. The van der Waals surface area contributed by atoms with E-state index in [-0.39, 0.29) is 24.9 Å². The average Bonchev–Trinajstić information content (AvgIpc) is 2.89. The van der Waals surface area contributed by atoms with Crippen molar-refractivity contribution in [1.29, 1.82) is 5.41 Å². The van der Waals surface area contributed by atoms with Crippen LogP contribution in [0.2, 0.25) is 0 Å². The number of hydrogen-bond donors (Lipinski definition) is 5. The van der Waals surface area contributed by atoms with Gasteiger partial charge in [0.2, 0.25) is 11.8 Å². The molecule has 3 rings (SSSR count). The second-order valence-electron chi connectivity index (χ2n) is 8.51. The van der Waals surface area contributed by atoms with E-state index in [1.54, 1.807) is 0 Å². The lowest BCUT2D eigenvalue weighted by molar-refractivity contribution is -0.144. The number of guanidine groups is 1. The molecule has 0 fully saturated rings. The Hall–Kier alpha value is -4.17. The van der Waals surface area contributed by atoms with Crippen molar-refractivity contribution in [2.45, 2.75) is 30.8 Å². The van der Waals surface area contributed by atoms with E-state index < -0.39 is 23.9 Å². The summed E-state index contributed by atoms with van der Waals surface area (Å²) in [6, 6.07) is 26.1. The lowest BCUT2D eigenvalue weighted by atomic mass is 9.88. The van der Waals surface area contributed by atoms with Crippen molar-refractivity contribution in [2.75, 3.05) is 13.2 Å². The van der Waals surface area contributed by atoms with E-state index in [4.69, 9.17) is 16.9 Å². The number of carbonyl (C=O) groups is 2. The maximum atomic E-state index is 14.4. The largest absolute Gasteiger partial charge is 0.394 e. The summed E-state index contributed by atoms with van der Waals surface area (Å²) in [7, 11) is 0. The number of nitrogens with one attached hydrogen (secondary N) is 2. The minimum absolute atomic E-state index is 0.177. The van der Waals surface area contributed by atoms with Crippen molar-refractivity contribution in [2.24, 2.45) is 11.5 Å². The van der Waals surface area contributed by atoms with Crippen molar-refractivity contribution < 1.29 is 14.7 Å². The van der Waals surface area contributed by atoms with Gasteiger partial charge in [-0.05, 0) is 29.5 Å². The van der Waals surface area contributed by atoms with Gasteiger partial charge in [0, 0.05) is 6.54 Å². The Labute approximate surface area is 211 Å². The quantitative estimate of drug-likeness (QED) is 0.151. The van der Waals surface area contributed by atoms with Gasteiger partial charge in [-0.3, -0.25) is 15.0 Å². The molecule has 0 bridgehead atoms. The highest BCUT2D eigenvalue weighted by Crippen LogP contribution is 2.33. The Morgan fingerprint density at radius 3 is 1.72 bits per heavy atom. The number of amides is 2. The van der Waals surface area contributed by atoms with E-state index in [1.807, 2.05) is 91.0 Å². The fourth-order valence-corrected chi connectivity index (χ4v) is 4.41. The fraction of sp³-hybridized carbons (Fsp3) is 0.250. The molecule has 3 aromatic rings. The van der Waals surface area contributed by atoms with E-state index in [0.717, 1.165) is 11.1 Å². The number of carbonyl (C=O) groups excluding carboxylic acids is 2. The number of nitrogens with zero attached hydrogens (tertiary/aromatic N) is 1. The lowest BCUT2D eigenvalue weighted by Gasteiger charge is -2.39. The molecule has 0 aliphatic carbocycles. The molecule has 2 atom stereocenters. The molecule has 0 aliphatic rings. The summed E-state index contributed by atoms with van der Waals surface area (Å²) in [6.07, 6.45) is 0.673. The zero-order chi connectivity index (χ0) is 25.9. The van der Waals surface area contributed by atoms with Crippen molar-refractivity contribution >= 4 is 17.8 Å². The molecule has 8 heteroatoms. The minimum atomic E-state index is -0.987. The van der Waals surface area contributed by atoms with Gasteiger partial charge in [0.25, 0.3) is 0 Å². The first kappa shape index (κ1) is 26.4. The molecular weight excluding hydrogens is 454 g/mol. The van der Waals surface area contributed by atoms with Crippen LogP contribution in [-0.4, -0.2) is 47.0 Å². The van der Waals surface area contributed by atoms with E-state index in [1.165, 1.54) is 4.90 Å². The van der Waals surface area contributed by atoms with Gasteiger partial charge in [0.05, 0.1) is 18.6 Å². The van der Waals surface area contributed by atoms with E-state index in [9.17, 15) is 14.7 Å². The van der Waals surface area contributed by atoms with E-state index in [0.29, 0.717) is 18.5 Å². The summed E-state index contributed by atoms with van der Waals surface area (Å²) in [5.41, 5.74) is 13.5. The van der Waals surface area contributed by atoms with Crippen LogP contribution in [0.25, 0.3) is 0 Å². The second kappa shape index (κ2) is 13.1. The van der Waals surface area contributed by atoms with Gasteiger partial charge in [-0.1, -0.05) is 91.0 Å². The molecule has 8 nitrogen and oxygen atoms in total. The average molecular weight is 488 g/mol. The molecular formula is C28H33N5O3. The van der Waals surface area contributed by atoms with Gasteiger partial charge < -0.3 is 26.8 Å². The zero-order valence-electron chi connectivity index (χ0n) is 20.1. The van der Waals surface area contributed by atoms with Gasteiger partial charge in [-0.2, -0.15) is 0 Å². The standard InChI is InChI=1S/C28H33N5O3/c29-26(35)23(17-10-18-32-28(30)31)33(24(19-34)20-11-4-1-5-12-20)27(36)25(21-13-6-2-7-14-21)22-15-8-3-9-16-22/h1-9,11-16,23-25,34H,10,17-19H2,(H2,29,35)(H4,30,31,32)/t23-,24-/m1/s1. The molecule has 0 saturated carbocycles. The first-order valence-corrected chi connectivity index (χ1v) is 11.9. The number of nitrogens with two attached hydrogens (primary N) is 2. The molecule has 3 aromatic carbocycles. The van der Waals surface area contributed by atoms with Crippen LogP contribution < -0.4 is 16.8 Å². The zero-order valence-corrected chi connectivity index (χ0v) is 20.1. The van der Waals surface area contributed by atoms with Gasteiger partial charge >= 0.3 is 0 Å². The first-order chi connectivity index (χ1) is 17.4. The van der Waals surface area contributed by atoms with Gasteiger partial charge in [0.1, 0.15) is 6.04 Å². The Morgan fingerprint density at radius 1 is 0.833 bits per heavy atom. The first-order valence-electron chi connectivity index (χ1n) is 11.9. The van der Waals surface area contributed by atoms with Crippen LogP contribution in [0.15, 0.2) is 91.0 Å². The number of rotatable bonds is 12. The summed E-state index contributed by atoms with van der Waals surface area (Å²) in [4.78, 5) is 28.7. The third-order valence-corrected chi connectivity index (χ3v) is 6.09. The van der Waals surface area contributed by atoms with Gasteiger partial charge in [-0.15, -0.1) is 0 Å². The second-order valence-corrected chi connectivity index (χ2v) is 8.51. The van der Waals surface area contributed by atoms with Gasteiger partial charge in [-0.25, -0.2) is 0 Å². The summed E-state index contributed by atoms with van der Waals surface area (Å²) in [5.74, 6) is -1.88. The molecule has 0 aromatic heterocycles. The van der Waals surface area contributed by atoms with Crippen molar-refractivity contribution in [3.05, 3.63) is 108 Å². The molecule has 0 unspecified atom stereocenters. The number of aliphatic hydroxyl groups excluding tert-OH is 1. The third-order valence-electron chi connectivity index (χ3n) is 6.09. The molecule has 188 valence electrons. The van der Waals surface area contributed by atoms with Crippen molar-refractivity contribution in [1.82, 2.24) is 10.2 Å². The third kappa shape index (κ3) is 6.70. The molecule has 7 N–H and O–H groups in total. The van der Waals surface area contributed by atoms with Crippen LogP contribution in [0, 0.1) is 5.41 Å². The number of aliphatic hydroxyl groups is 1. The highest BCUT2D eigenvalue weighted by atomic mass is 16.3. The molecule has 36 heavy (non-hydrogen) atoms. The molecule has 2 amide bonds. The maximum Gasteiger partial charge on any atom is 0.240 e. The topological polar surface area (TPSA) is 146 Å². The Bertz CT molecular complexity index is 1090. The summed E-state index contributed by atoms with van der Waals surface area (Å²) < 4.78 is 0. The Balaban J connectivity index is 2.09. The van der Waals surface area contributed by atoms with Gasteiger partial charge in [0.15, 0.2) is 5.96 Å². The normalized spacial score (nSPS) is 12.5. The summed E-state index contributed by atoms with van der Waals surface area (Å²) in [6.45, 7) is -0.0431. The van der Waals surface area contributed by atoms with Crippen LogP contribution >= 0.6 is 0 Å².